The van der Waals surface area contributed by atoms with Crippen LogP contribution in [0.2, 0.25) is 0 Å². The van der Waals surface area contributed by atoms with Gasteiger partial charge in [0.15, 0.2) is 11.5 Å². The van der Waals surface area contributed by atoms with E-state index in [9.17, 15) is 4.79 Å². The second-order valence-corrected chi connectivity index (χ2v) is 4.09. The number of benzene rings is 1. The molecule has 2 N–H and O–H groups in total. The van der Waals surface area contributed by atoms with E-state index in [0.717, 1.165) is 5.56 Å². The number of nitrogens with one attached hydrogen (secondary N) is 1. The molecule has 0 unspecified atom stereocenters. The van der Waals surface area contributed by atoms with Gasteiger partial charge in [-0.25, -0.2) is 5.48 Å². The van der Waals surface area contributed by atoms with Crippen LogP contribution in [-0.2, 0) is 11.4 Å². The molecule has 0 atom stereocenters. The van der Waals surface area contributed by atoms with E-state index in [1.165, 1.54) is 18.7 Å². The Hall–Kier alpha value is -2.73. The molecule has 0 aliphatic heterocycles. The number of furan rings is 1. The van der Waals surface area contributed by atoms with Gasteiger partial charge in [-0.1, -0.05) is 6.07 Å². The summed E-state index contributed by atoms with van der Waals surface area (Å²) in [5.74, 6) is 1.21. The van der Waals surface area contributed by atoms with Crippen molar-refractivity contribution in [3.05, 3.63) is 54.0 Å². The third kappa shape index (κ3) is 4.12. The zero-order chi connectivity index (χ0) is 15.1. The van der Waals surface area contributed by atoms with Crippen molar-refractivity contribution in [3.63, 3.8) is 0 Å². The van der Waals surface area contributed by atoms with Crippen molar-refractivity contribution in [3.8, 4) is 11.5 Å². The highest BCUT2D eigenvalue weighted by molar-refractivity contribution is 5.90. The van der Waals surface area contributed by atoms with Crippen LogP contribution < -0.4 is 15.0 Å². The fraction of sp³-hybridized carbons (Fsp3) is 0.133. The zero-order valence-corrected chi connectivity index (χ0v) is 11.4. The van der Waals surface area contributed by atoms with Crippen LogP contribution in [0.15, 0.2) is 47.1 Å². The number of rotatable bonds is 6. The maximum Gasteiger partial charge on any atom is 0.267 e. The molecule has 21 heavy (non-hydrogen) atoms. The van der Waals surface area contributed by atoms with Crippen molar-refractivity contribution in [1.82, 2.24) is 5.48 Å². The molecule has 2 aromatic rings. The fourth-order valence-electron chi connectivity index (χ4n) is 1.66. The van der Waals surface area contributed by atoms with Crippen molar-refractivity contribution in [2.75, 3.05) is 7.11 Å². The van der Waals surface area contributed by atoms with Crippen LogP contribution in [0.3, 0.4) is 0 Å². The minimum absolute atomic E-state index is 0.297. The Balaban J connectivity index is 2.08. The molecule has 110 valence electrons. The minimum atomic E-state index is -0.605. The number of carbonyl (C=O) groups excluding carboxylic acids is 1. The molecule has 6 nitrogen and oxygen atoms in total. The first-order valence-electron chi connectivity index (χ1n) is 6.18. The molecule has 0 aliphatic carbocycles. The first-order valence-corrected chi connectivity index (χ1v) is 6.18. The highest BCUT2D eigenvalue weighted by atomic mass is 16.5. The van der Waals surface area contributed by atoms with Crippen molar-refractivity contribution < 1.29 is 23.9 Å². The normalized spacial score (nSPS) is 10.6. The molecule has 0 spiro atoms. The van der Waals surface area contributed by atoms with Crippen molar-refractivity contribution in [2.24, 2.45) is 0 Å². The van der Waals surface area contributed by atoms with Gasteiger partial charge in [0.1, 0.15) is 12.4 Å². The molecular formula is C15H15NO5. The molecule has 0 fully saturated rings. The van der Waals surface area contributed by atoms with Crippen LogP contribution in [0, 0.1) is 0 Å². The second-order valence-electron chi connectivity index (χ2n) is 4.09. The average molecular weight is 289 g/mol. The summed E-state index contributed by atoms with van der Waals surface area (Å²) in [6, 6.07) is 8.82. The Morgan fingerprint density at radius 3 is 2.90 bits per heavy atom. The van der Waals surface area contributed by atoms with Crippen LogP contribution >= 0.6 is 0 Å². The van der Waals surface area contributed by atoms with Crippen LogP contribution in [0.4, 0.5) is 0 Å². The summed E-state index contributed by atoms with van der Waals surface area (Å²) in [7, 11) is 1.53. The lowest BCUT2D eigenvalue weighted by atomic mass is 10.2. The Morgan fingerprint density at radius 1 is 1.38 bits per heavy atom. The van der Waals surface area contributed by atoms with Gasteiger partial charge < -0.3 is 13.9 Å². The van der Waals surface area contributed by atoms with E-state index in [1.807, 2.05) is 6.07 Å². The molecule has 1 aromatic heterocycles. The van der Waals surface area contributed by atoms with Gasteiger partial charge in [-0.2, -0.15) is 0 Å². The van der Waals surface area contributed by atoms with Gasteiger partial charge in [-0.05, 0) is 35.9 Å². The monoisotopic (exact) mass is 289 g/mol. The van der Waals surface area contributed by atoms with Crippen molar-refractivity contribution in [1.29, 1.82) is 0 Å². The zero-order valence-electron chi connectivity index (χ0n) is 11.4. The molecule has 1 aromatic carbocycles. The molecule has 1 heterocycles. The van der Waals surface area contributed by atoms with E-state index in [4.69, 9.17) is 19.1 Å². The molecule has 0 aliphatic rings. The highest BCUT2D eigenvalue weighted by Gasteiger charge is 2.06. The maximum absolute atomic E-state index is 10.9. The van der Waals surface area contributed by atoms with E-state index in [0.29, 0.717) is 23.9 Å². The molecule has 0 saturated heterocycles. The van der Waals surface area contributed by atoms with Crippen molar-refractivity contribution in [2.45, 2.75) is 6.61 Å². The molecule has 2 rings (SSSR count). The van der Waals surface area contributed by atoms with Gasteiger partial charge in [-0.3, -0.25) is 10.0 Å². The number of methoxy groups -OCH3 is 1. The lowest BCUT2D eigenvalue weighted by molar-refractivity contribution is -0.124. The lowest BCUT2D eigenvalue weighted by Crippen LogP contribution is -2.14. The number of hydrogen-bond donors (Lipinski definition) is 2. The van der Waals surface area contributed by atoms with E-state index in [2.05, 4.69) is 0 Å². The summed E-state index contributed by atoms with van der Waals surface area (Å²) in [4.78, 5) is 10.9. The predicted octanol–water partition coefficient (Wildman–Crippen LogP) is 2.39. The predicted molar refractivity (Wildman–Crippen MR) is 75.0 cm³/mol. The van der Waals surface area contributed by atoms with E-state index >= 15 is 0 Å². The van der Waals surface area contributed by atoms with Crippen LogP contribution in [0.25, 0.3) is 6.08 Å². The largest absolute Gasteiger partial charge is 0.493 e. The molecule has 0 saturated carbocycles. The number of amides is 1. The third-order valence-electron chi connectivity index (χ3n) is 2.68. The summed E-state index contributed by atoms with van der Waals surface area (Å²) in [5, 5.41) is 8.41. The molecule has 0 radical (unpaired) electrons. The minimum Gasteiger partial charge on any atom is -0.493 e. The van der Waals surface area contributed by atoms with Crippen LogP contribution in [0.1, 0.15) is 11.3 Å². The Bertz CT molecular complexity index is 619. The second kappa shape index (κ2) is 7.16. The Morgan fingerprint density at radius 2 is 2.24 bits per heavy atom. The fourth-order valence-corrected chi connectivity index (χ4v) is 1.66. The molecular weight excluding hydrogens is 274 g/mol. The van der Waals surface area contributed by atoms with E-state index < -0.39 is 5.91 Å². The first-order chi connectivity index (χ1) is 10.2. The van der Waals surface area contributed by atoms with Gasteiger partial charge in [-0.15, -0.1) is 0 Å². The number of hydrogen-bond acceptors (Lipinski definition) is 5. The van der Waals surface area contributed by atoms with Crippen molar-refractivity contribution >= 4 is 12.0 Å². The topological polar surface area (TPSA) is 80.9 Å². The summed E-state index contributed by atoms with van der Waals surface area (Å²) in [5.41, 5.74) is 2.26. The summed E-state index contributed by atoms with van der Waals surface area (Å²) >= 11 is 0. The quantitative estimate of drug-likeness (QED) is 0.485. The van der Waals surface area contributed by atoms with Gasteiger partial charge in [0, 0.05) is 6.08 Å². The van der Waals surface area contributed by atoms with E-state index in [1.54, 1.807) is 36.6 Å². The number of ether oxygens (including phenoxy) is 2. The van der Waals surface area contributed by atoms with Gasteiger partial charge in [0.25, 0.3) is 5.91 Å². The summed E-state index contributed by atoms with van der Waals surface area (Å²) in [6.07, 6.45) is 4.33. The average Bonchev–Trinajstić information content (AvgIpc) is 3.04. The lowest BCUT2D eigenvalue weighted by Gasteiger charge is -2.10. The Labute approximate surface area is 121 Å². The maximum atomic E-state index is 10.9. The standard InChI is InChI=1S/C15H15NO5/c1-19-14-9-11(5-7-15(17)16-18)4-6-13(14)21-10-12-3-2-8-20-12/h2-9,18H,10H2,1H3,(H,16,17)/b7-5+. The molecule has 0 bridgehead atoms. The third-order valence-corrected chi connectivity index (χ3v) is 2.68. The first kappa shape index (κ1) is 14.7. The van der Waals surface area contributed by atoms with Crippen LogP contribution in [-0.4, -0.2) is 18.2 Å². The molecule has 1 amide bonds. The number of hydroxylamine groups is 1. The highest BCUT2D eigenvalue weighted by Crippen LogP contribution is 2.29. The van der Waals surface area contributed by atoms with Gasteiger partial charge in [0.05, 0.1) is 13.4 Å². The summed E-state index contributed by atoms with van der Waals surface area (Å²) in [6.45, 7) is 0.297. The van der Waals surface area contributed by atoms with Gasteiger partial charge in [0.2, 0.25) is 0 Å². The van der Waals surface area contributed by atoms with Crippen LogP contribution in [0.5, 0.6) is 11.5 Å². The SMILES string of the molecule is COc1cc(/C=C/C(=O)NO)ccc1OCc1ccco1. The van der Waals surface area contributed by atoms with Gasteiger partial charge >= 0.3 is 0 Å². The smallest absolute Gasteiger partial charge is 0.267 e. The summed E-state index contributed by atoms with van der Waals surface area (Å²) < 4.78 is 16.0. The van der Waals surface area contributed by atoms with E-state index in [-0.39, 0.29) is 0 Å². The Kier molecular flexibility index (Phi) is 5.00. The number of carbonyl (C=O) groups is 1. The molecule has 6 heteroatoms.